The molecule has 0 aliphatic carbocycles. The number of hydrogen-bond donors (Lipinski definition) is 0. The van der Waals surface area contributed by atoms with E-state index < -0.39 is 0 Å². The van der Waals surface area contributed by atoms with Gasteiger partial charge in [0.25, 0.3) is 0 Å². The van der Waals surface area contributed by atoms with Crippen LogP contribution in [0.2, 0.25) is 0 Å². The van der Waals surface area contributed by atoms with E-state index in [1.807, 2.05) is 0 Å². The minimum Gasteiger partial charge on any atom is -0.376 e. The van der Waals surface area contributed by atoms with Crippen molar-refractivity contribution in [3.8, 4) is 0 Å². The van der Waals surface area contributed by atoms with Crippen LogP contribution in [0.25, 0.3) is 0 Å². The third-order valence-electron chi connectivity index (χ3n) is 2.57. The van der Waals surface area contributed by atoms with E-state index >= 15 is 0 Å². The molecule has 3 nitrogen and oxygen atoms in total. The van der Waals surface area contributed by atoms with E-state index in [1.165, 1.54) is 0 Å². The Morgan fingerprint density at radius 1 is 1.50 bits per heavy atom. The summed E-state index contributed by atoms with van der Waals surface area (Å²) >= 11 is 0. The highest BCUT2D eigenvalue weighted by atomic mass is 16.5. The van der Waals surface area contributed by atoms with Crippen LogP contribution in [0.15, 0.2) is 0 Å². The average molecular weight is 173 g/mol. The zero-order valence-corrected chi connectivity index (χ0v) is 8.46. The molecule has 0 N–H and O–H groups in total. The first-order valence-electron chi connectivity index (χ1n) is 4.41. The van der Waals surface area contributed by atoms with Crippen molar-refractivity contribution >= 4 is 0 Å². The van der Waals surface area contributed by atoms with E-state index in [4.69, 9.17) is 9.47 Å². The molecule has 12 heavy (non-hydrogen) atoms. The van der Waals surface area contributed by atoms with Gasteiger partial charge in [0.05, 0.1) is 18.3 Å². The molecule has 0 aromatic heterocycles. The van der Waals surface area contributed by atoms with Crippen LogP contribution in [0.3, 0.4) is 0 Å². The molecule has 1 rings (SSSR count). The average Bonchev–Trinajstić information content (AvgIpc) is 2.05. The van der Waals surface area contributed by atoms with E-state index in [0.717, 1.165) is 19.7 Å². The van der Waals surface area contributed by atoms with Crippen LogP contribution in [0.5, 0.6) is 0 Å². The molecule has 0 aromatic rings. The number of ether oxygens (including phenoxy) is 2. The predicted octanol–water partition coefficient (Wildman–Crippen LogP) is 0.742. The molecule has 3 heteroatoms. The second-order valence-electron chi connectivity index (χ2n) is 3.93. The van der Waals surface area contributed by atoms with Crippen molar-refractivity contribution in [1.29, 1.82) is 0 Å². The third-order valence-corrected chi connectivity index (χ3v) is 2.57. The highest BCUT2D eigenvalue weighted by molar-refractivity contribution is 4.84. The van der Waals surface area contributed by atoms with Gasteiger partial charge < -0.3 is 14.4 Å². The molecular weight excluding hydrogens is 154 g/mol. The van der Waals surface area contributed by atoms with Gasteiger partial charge in [0, 0.05) is 20.2 Å². The normalized spacial score (nSPS) is 27.5. The first-order chi connectivity index (χ1) is 5.56. The molecule has 0 spiro atoms. The minimum atomic E-state index is -0.172. The summed E-state index contributed by atoms with van der Waals surface area (Å²) in [5.41, 5.74) is -0.172. The van der Waals surface area contributed by atoms with Gasteiger partial charge in [-0.15, -0.1) is 0 Å². The lowest BCUT2D eigenvalue weighted by atomic mass is 10.00. The molecule has 1 heterocycles. The van der Waals surface area contributed by atoms with E-state index in [9.17, 15) is 0 Å². The summed E-state index contributed by atoms with van der Waals surface area (Å²) in [6.07, 6.45) is 0.196. The van der Waals surface area contributed by atoms with Gasteiger partial charge in [-0.25, -0.2) is 0 Å². The number of rotatable bonds is 2. The van der Waals surface area contributed by atoms with Gasteiger partial charge in [0.2, 0.25) is 0 Å². The Kier molecular flexibility index (Phi) is 3.09. The lowest BCUT2D eigenvalue weighted by Gasteiger charge is -2.39. The lowest BCUT2D eigenvalue weighted by molar-refractivity contribution is -0.138. The van der Waals surface area contributed by atoms with Gasteiger partial charge in [-0.2, -0.15) is 0 Å². The van der Waals surface area contributed by atoms with Crippen LogP contribution in [0.1, 0.15) is 13.8 Å². The molecule has 1 fully saturated rings. The standard InChI is InChI=1S/C9H19NO2/c1-9(2,11-4)8-7-10(3)5-6-12-8/h8H,5-7H2,1-4H3/t8-/m1/s1. The summed E-state index contributed by atoms with van der Waals surface area (Å²) in [4.78, 5) is 2.27. The number of nitrogens with zero attached hydrogens (tertiary/aromatic N) is 1. The fourth-order valence-corrected chi connectivity index (χ4v) is 1.33. The van der Waals surface area contributed by atoms with Crippen molar-refractivity contribution in [3.05, 3.63) is 0 Å². The van der Waals surface area contributed by atoms with Crippen LogP contribution in [0, 0.1) is 0 Å². The molecule has 0 radical (unpaired) electrons. The molecule has 0 aromatic carbocycles. The molecule has 72 valence electrons. The summed E-state index contributed by atoms with van der Waals surface area (Å²) < 4.78 is 11.0. The minimum absolute atomic E-state index is 0.172. The van der Waals surface area contributed by atoms with Crippen LogP contribution >= 0.6 is 0 Å². The molecule has 1 saturated heterocycles. The summed E-state index contributed by atoms with van der Waals surface area (Å²) in [5, 5.41) is 0. The predicted molar refractivity (Wildman–Crippen MR) is 48.3 cm³/mol. The largest absolute Gasteiger partial charge is 0.376 e. The maximum Gasteiger partial charge on any atom is 0.0986 e. The molecular formula is C9H19NO2. The Morgan fingerprint density at radius 2 is 2.17 bits per heavy atom. The Labute approximate surface area is 74.6 Å². The first kappa shape index (κ1) is 9.96. The lowest BCUT2D eigenvalue weighted by Crippen LogP contribution is -2.51. The van der Waals surface area contributed by atoms with Gasteiger partial charge in [-0.1, -0.05) is 0 Å². The maximum atomic E-state index is 5.64. The Hall–Kier alpha value is -0.120. The molecule has 0 amide bonds. The van der Waals surface area contributed by atoms with Crippen LogP contribution < -0.4 is 0 Å². The number of methoxy groups -OCH3 is 1. The first-order valence-corrected chi connectivity index (χ1v) is 4.41. The van der Waals surface area contributed by atoms with E-state index in [2.05, 4.69) is 25.8 Å². The summed E-state index contributed by atoms with van der Waals surface area (Å²) in [6, 6.07) is 0. The zero-order valence-electron chi connectivity index (χ0n) is 8.46. The third kappa shape index (κ3) is 2.19. The number of hydrogen-bond acceptors (Lipinski definition) is 3. The molecule has 0 unspecified atom stereocenters. The van der Waals surface area contributed by atoms with Crippen LogP contribution in [0.4, 0.5) is 0 Å². The van der Waals surface area contributed by atoms with Crippen molar-refractivity contribution in [2.75, 3.05) is 33.9 Å². The van der Waals surface area contributed by atoms with Crippen molar-refractivity contribution in [3.63, 3.8) is 0 Å². The SMILES string of the molecule is COC(C)(C)[C@H]1CN(C)CCO1. The molecule has 1 atom stereocenters. The highest BCUT2D eigenvalue weighted by Crippen LogP contribution is 2.19. The Balaban J connectivity index is 2.50. The second kappa shape index (κ2) is 3.73. The molecule has 1 aliphatic heterocycles. The number of likely N-dealkylation sites (N-methyl/N-ethyl adjacent to an activating group) is 1. The van der Waals surface area contributed by atoms with Gasteiger partial charge in [-0.3, -0.25) is 0 Å². The van der Waals surface area contributed by atoms with E-state index in [-0.39, 0.29) is 11.7 Å². The van der Waals surface area contributed by atoms with E-state index in [1.54, 1.807) is 7.11 Å². The van der Waals surface area contributed by atoms with Gasteiger partial charge >= 0.3 is 0 Å². The molecule has 0 bridgehead atoms. The number of morpholine rings is 1. The second-order valence-corrected chi connectivity index (χ2v) is 3.93. The summed E-state index contributed by atoms with van der Waals surface area (Å²) in [5.74, 6) is 0. The van der Waals surface area contributed by atoms with Crippen molar-refractivity contribution in [2.24, 2.45) is 0 Å². The zero-order chi connectivity index (χ0) is 9.19. The maximum absolute atomic E-state index is 5.64. The smallest absolute Gasteiger partial charge is 0.0986 e. The van der Waals surface area contributed by atoms with Crippen molar-refractivity contribution in [1.82, 2.24) is 4.90 Å². The molecule has 1 aliphatic rings. The van der Waals surface area contributed by atoms with Crippen LogP contribution in [-0.2, 0) is 9.47 Å². The summed E-state index contributed by atoms with van der Waals surface area (Å²) in [6.45, 7) is 6.93. The van der Waals surface area contributed by atoms with Gasteiger partial charge in [-0.05, 0) is 20.9 Å². The Bertz CT molecular complexity index is 147. The van der Waals surface area contributed by atoms with Crippen molar-refractivity contribution in [2.45, 2.75) is 25.6 Å². The molecule has 0 saturated carbocycles. The fraction of sp³-hybridized carbons (Fsp3) is 1.00. The Morgan fingerprint density at radius 3 is 2.67 bits per heavy atom. The van der Waals surface area contributed by atoms with Gasteiger partial charge in [0.15, 0.2) is 0 Å². The summed E-state index contributed by atoms with van der Waals surface area (Å²) in [7, 11) is 3.85. The monoisotopic (exact) mass is 173 g/mol. The highest BCUT2D eigenvalue weighted by Gasteiger charge is 2.33. The van der Waals surface area contributed by atoms with Crippen molar-refractivity contribution < 1.29 is 9.47 Å². The van der Waals surface area contributed by atoms with Gasteiger partial charge in [0.1, 0.15) is 0 Å². The van der Waals surface area contributed by atoms with Crippen LogP contribution in [-0.4, -0.2) is 50.5 Å². The quantitative estimate of drug-likeness (QED) is 0.615. The topological polar surface area (TPSA) is 21.7 Å². The fourth-order valence-electron chi connectivity index (χ4n) is 1.33. The van der Waals surface area contributed by atoms with E-state index in [0.29, 0.717) is 0 Å².